The molecular weight excluding hydrogens is 329 g/mol. The second-order valence-corrected chi connectivity index (χ2v) is 6.10. The summed E-state index contributed by atoms with van der Waals surface area (Å²) in [7, 11) is 0. The summed E-state index contributed by atoms with van der Waals surface area (Å²) < 4.78 is 44.0. The molecule has 4 nitrogen and oxygen atoms in total. The Morgan fingerprint density at radius 2 is 2.26 bits per heavy atom. The molecule has 124 valence electrons. The zero-order valence-electron chi connectivity index (χ0n) is 12.2. The lowest BCUT2D eigenvalue weighted by Gasteiger charge is -2.12. The van der Waals surface area contributed by atoms with Crippen molar-refractivity contribution in [2.75, 3.05) is 23.4 Å². The van der Waals surface area contributed by atoms with Gasteiger partial charge < -0.3 is 10.1 Å². The highest BCUT2D eigenvalue weighted by molar-refractivity contribution is 8.00. The minimum atomic E-state index is -4.64. The molecule has 1 heterocycles. The summed E-state index contributed by atoms with van der Waals surface area (Å²) in [6, 6.07) is 4.62. The van der Waals surface area contributed by atoms with E-state index in [0.29, 0.717) is 5.75 Å². The number of carbonyl (C=O) groups excluding carboxylic acids is 1. The summed E-state index contributed by atoms with van der Waals surface area (Å²) in [5, 5.41) is 11.1. The number of amides is 1. The minimum Gasteiger partial charge on any atom is -0.377 e. The van der Waals surface area contributed by atoms with Gasteiger partial charge in [0.15, 0.2) is 0 Å². The maximum Gasteiger partial charge on any atom is 0.417 e. The van der Waals surface area contributed by atoms with E-state index in [-0.39, 0.29) is 23.5 Å². The van der Waals surface area contributed by atoms with Crippen molar-refractivity contribution in [2.45, 2.75) is 25.1 Å². The summed E-state index contributed by atoms with van der Waals surface area (Å²) in [4.78, 5) is 11.8. The number of anilines is 1. The molecule has 23 heavy (non-hydrogen) atoms. The van der Waals surface area contributed by atoms with Crippen molar-refractivity contribution in [3.8, 4) is 6.07 Å². The molecule has 0 unspecified atom stereocenters. The molecule has 0 aromatic heterocycles. The molecule has 1 aliphatic rings. The average Bonchev–Trinajstić information content (AvgIpc) is 2.99. The molecule has 0 bridgehead atoms. The molecule has 1 aliphatic heterocycles. The Kier molecular flexibility index (Phi) is 5.91. The first kappa shape index (κ1) is 17.6. The van der Waals surface area contributed by atoms with Crippen LogP contribution in [0.4, 0.5) is 18.9 Å². The number of benzene rings is 1. The van der Waals surface area contributed by atoms with Crippen molar-refractivity contribution in [3.05, 3.63) is 29.3 Å². The van der Waals surface area contributed by atoms with Crippen LogP contribution in [-0.4, -0.2) is 30.1 Å². The number of thioether (sulfide) groups is 1. The number of alkyl halides is 3. The molecule has 2 rings (SSSR count). The molecule has 0 aliphatic carbocycles. The fourth-order valence-corrected chi connectivity index (χ4v) is 3.11. The summed E-state index contributed by atoms with van der Waals surface area (Å²) >= 11 is 1.38. The molecular formula is C15H15F3N2O2S. The van der Waals surface area contributed by atoms with E-state index in [2.05, 4.69) is 5.32 Å². The highest BCUT2D eigenvalue weighted by atomic mass is 32.2. The van der Waals surface area contributed by atoms with E-state index in [9.17, 15) is 18.0 Å². The largest absolute Gasteiger partial charge is 0.417 e. The zero-order chi connectivity index (χ0) is 16.9. The summed E-state index contributed by atoms with van der Waals surface area (Å²) in [6.45, 7) is 0.739. The van der Waals surface area contributed by atoms with Crippen LogP contribution >= 0.6 is 11.8 Å². The number of nitrogens with zero attached hydrogens (tertiary/aromatic N) is 1. The Bertz CT molecular complexity index is 608. The van der Waals surface area contributed by atoms with Crippen LogP contribution in [0, 0.1) is 11.3 Å². The highest BCUT2D eigenvalue weighted by Crippen LogP contribution is 2.33. The predicted octanol–water partition coefficient (Wildman–Crippen LogP) is 3.43. The third kappa shape index (κ3) is 5.15. The number of halogens is 3. The van der Waals surface area contributed by atoms with Gasteiger partial charge in [-0.25, -0.2) is 0 Å². The molecule has 0 spiro atoms. The van der Waals surface area contributed by atoms with Crippen molar-refractivity contribution in [3.63, 3.8) is 0 Å². The topological polar surface area (TPSA) is 62.1 Å². The minimum absolute atomic E-state index is 0.0269. The first-order valence-electron chi connectivity index (χ1n) is 7.00. The van der Waals surface area contributed by atoms with Crippen LogP contribution in [0.2, 0.25) is 0 Å². The first-order valence-corrected chi connectivity index (χ1v) is 8.16. The predicted molar refractivity (Wildman–Crippen MR) is 81.1 cm³/mol. The normalized spacial score (nSPS) is 17.7. The number of carbonyl (C=O) groups is 1. The van der Waals surface area contributed by atoms with Gasteiger partial charge >= 0.3 is 6.18 Å². The SMILES string of the molecule is N#Cc1ccc(NC(=O)CSC[C@H]2CCCO2)cc1C(F)(F)F. The van der Waals surface area contributed by atoms with Gasteiger partial charge in [0.25, 0.3) is 0 Å². The van der Waals surface area contributed by atoms with Crippen LogP contribution in [0.1, 0.15) is 24.0 Å². The smallest absolute Gasteiger partial charge is 0.377 e. The van der Waals surface area contributed by atoms with Crippen LogP contribution < -0.4 is 5.32 Å². The van der Waals surface area contributed by atoms with Gasteiger partial charge in [0.2, 0.25) is 5.91 Å². The van der Waals surface area contributed by atoms with E-state index in [4.69, 9.17) is 10.00 Å². The lowest BCUT2D eigenvalue weighted by atomic mass is 10.1. The fourth-order valence-electron chi connectivity index (χ4n) is 2.21. The molecule has 1 N–H and O–H groups in total. The molecule has 1 fully saturated rings. The van der Waals surface area contributed by atoms with E-state index < -0.39 is 17.3 Å². The number of nitriles is 1. The van der Waals surface area contributed by atoms with Crippen LogP contribution in [0.15, 0.2) is 18.2 Å². The molecule has 8 heteroatoms. The van der Waals surface area contributed by atoms with Crippen molar-refractivity contribution in [2.24, 2.45) is 0 Å². The van der Waals surface area contributed by atoms with Gasteiger partial charge in [0.1, 0.15) is 0 Å². The molecule has 1 aromatic carbocycles. The zero-order valence-corrected chi connectivity index (χ0v) is 13.0. The third-order valence-electron chi connectivity index (χ3n) is 3.29. The Balaban J connectivity index is 1.91. The first-order chi connectivity index (χ1) is 10.9. The second-order valence-electron chi connectivity index (χ2n) is 5.07. The van der Waals surface area contributed by atoms with Crippen molar-refractivity contribution < 1.29 is 22.7 Å². The molecule has 0 saturated carbocycles. The molecule has 1 amide bonds. The number of hydrogen-bond acceptors (Lipinski definition) is 4. The maximum absolute atomic E-state index is 12.8. The molecule has 1 atom stereocenters. The maximum atomic E-state index is 12.8. The molecule has 1 saturated heterocycles. The van der Waals surface area contributed by atoms with E-state index in [1.165, 1.54) is 23.9 Å². The van der Waals surface area contributed by atoms with E-state index in [1.807, 2.05) is 0 Å². The van der Waals surface area contributed by atoms with E-state index in [1.54, 1.807) is 0 Å². The van der Waals surface area contributed by atoms with E-state index in [0.717, 1.165) is 31.6 Å². The van der Waals surface area contributed by atoms with E-state index >= 15 is 0 Å². The lowest BCUT2D eigenvalue weighted by molar-refractivity contribution is -0.137. The van der Waals surface area contributed by atoms with Gasteiger partial charge in [-0.1, -0.05) is 0 Å². The van der Waals surface area contributed by atoms with Crippen molar-refractivity contribution in [1.82, 2.24) is 0 Å². The van der Waals surface area contributed by atoms with Crippen molar-refractivity contribution in [1.29, 1.82) is 5.26 Å². The Morgan fingerprint density at radius 3 is 2.87 bits per heavy atom. The van der Waals surface area contributed by atoms with Gasteiger partial charge in [0, 0.05) is 18.0 Å². The Labute approximate surface area is 136 Å². The number of rotatable bonds is 5. The van der Waals surface area contributed by atoms with Crippen molar-refractivity contribution >= 4 is 23.4 Å². The second kappa shape index (κ2) is 7.70. The molecule has 1 aromatic rings. The average molecular weight is 344 g/mol. The van der Waals surface area contributed by atoms with Gasteiger partial charge in [0.05, 0.1) is 29.1 Å². The lowest BCUT2D eigenvalue weighted by Crippen LogP contribution is -2.17. The summed E-state index contributed by atoms with van der Waals surface area (Å²) in [5.74, 6) is 0.446. The third-order valence-corrected chi connectivity index (χ3v) is 4.36. The Morgan fingerprint density at radius 1 is 1.48 bits per heavy atom. The van der Waals surface area contributed by atoms with Crippen LogP contribution in [0.3, 0.4) is 0 Å². The van der Waals surface area contributed by atoms with Crippen LogP contribution in [0.5, 0.6) is 0 Å². The monoisotopic (exact) mass is 344 g/mol. The molecule has 0 radical (unpaired) electrons. The van der Waals surface area contributed by atoms with Gasteiger partial charge in [-0.3, -0.25) is 4.79 Å². The summed E-state index contributed by atoms with van der Waals surface area (Å²) in [6.07, 6.45) is -2.50. The highest BCUT2D eigenvalue weighted by Gasteiger charge is 2.33. The summed E-state index contributed by atoms with van der Waals surface area (Å²) in [5.41, 5.74) is -1.49. The van der Waals surface area contributed by atoms with Crippen LogP contribution in [-0.2, 0) is 15.7 Å². The number of nitrogens with one attached hydrogen (secondary N) is 1. The van der Waals surface area contributed by atoms with Crippen LogP contribution in [0.25, 0.3) is 0 Å². The quantitative estimate of drug-likeness (QED) is 0.889. The van der Waals surface area contributed by atoms with Gasteiger partial charge in [-0.15, -0.1) is 11.8 Å². The van der Waals surface area contributed by atoms with Gasteiger partial charge in [-0.05, 0) is 31.0 Å². The number of hydrogen-bond donors (Lipinski definition) is 1. The van der Waals surface area contributed by atoms with Gasteiger partial charge in [-0.2, -0.15) is 18.4 Å². The standard InChI is InChI=1S/C15H15F3N2O2S/c16-15(17,18)13-6-11(4-3-10(13)7-19)20-14(21)9-23-8-12-2-1-5-22-12/h3-4,6,12H,1-2,5,8-9H2,(H,20,21)/t12-/m1/s1. The fraction of sp³-hybridized carbons (Fsp3) is 0.467. The Hall–Kier alpha value is -1.72. The number of ether oxygens (including phenoxy) is 1.